The topological polar surface area (TPSA) is 58.1 Å². The van der Waals surface area contributed by atoms with Gasteiger partial charge in [0.25, 0.3) is 0 Å². The minimum Gasteiger partial charge on any atom is -0.356 e. The van der Waals surface area contributed by atoms with Gasteiger partial charge in [-0.25, -0.2) is 4.98 Å². The number of rotatable bonds is 8. The molecule has 1 saturated heterocycles. The molecule has 1 aromatic carbocycles. The molecule has 5 nitrogen and oxygen atoms in total. The van der Waals surface area contributed by atoms with Crippen LogP contribution in [0.5, 0.6) is 0 Å². The van der Waals surface area contributed by atoms with E-state index in [9.17, 15) is 4.79 Å². The number of amides is 1. The molecule has 29 heavy (non-hydrogen) atoms. The van der Waals surface area contributed by atoms with Gasteiger partial charge in [0.05, 0.1) is 0 Å². The number of aromatic nitrogens is 2. The molecule has 0 spiro atoms. The van der Waals surface area contributed by atoms with E-state index in [1.54, 1.807) is 0 Å². The lowest BCUT2D eigenvalue weighted by Crippen LogP contribution is -2.38. The Balaban J connectivity index is 1.16. The molecular weight excluding hydrogens is 380 g/mol. The molecule has 1 aromatic heterocycles. The Morgan fingerprint density at radius 3 is 2.59 bits per heavy atom. The number of carbonyl (C=O) groups excluding carboxylic acids is 1. The fourth-order valence-electron chi connectivity index (χ4n) is 4.53. The van der Waals surface area contributed by atoms with Gasteiger partial charge in [-0.2, -0.15) is 4.37 Å². The molecule has 0 atom stereocenters. The summed E-state index contributed by atoms with van der Waals surface area (Å²) in [5, 5.41) is 4.22. The largest absolute Gasteiger partial charge is 0.356 e. The van der Waals surface area contributed by atoms with Crippen LogP contribution in [0.4, 0.5) is 5.13 Å². The van der Waals surface area contributed by atoms with Crippen LogP contribution >= 0.6 is 11.5 Å². The molecule has 0 unspecified atom stereocenters. The Kier molecular flexibility index (Phi) is 7.14. The number of nitrogens with zero attached hydrogens (tertiary/aromatic N) is 3. The highest BCUT2D eigenvalue weighted by atomic mass is 32.1. The Hall–Kier alpha value is -1.95. The molecule has 0 radical (unpaired) electrons. The van der Waals surface area contributed by atoms with Gasteiger partial charge in [-0.3, -0.25) is 4.79 Å². The summed E-state index contributed by atoms with van der Waals surface area (Å²) in [6, 6.07) is 10.4. The molecule has 4 rings (SSSR count). The van der Waals surface area contributed by atoms with Crippen molar-refractivity contribution in [3.63, 3.8) is 0 Å². The van der Waals surface area contributed by atoms with Crippen LogP contribution in [0.3, 0.4) is 0 Å². The van der Waals surface area contributed by atoms with Crippen molar-refractivity contribution in [2.24, 2.45) is 11.8 Å². The molecule has 1 amide bonds. The zero-order chi connectivity index (χ0) is 19.9. The van der Waals surface area contributed by atoms with E-state index in [1.165, 1.54) is 42.8 Å². The molecule has 1 saturated carbocycles. The van der Waals surface area contributed by atoms with E-state index in [0.717, 1.165) is 62.2 Å². The average Bonchev–Trinajstić information content (AvgIpc) is 3.44. The summed E-state index contributed by atoms with van der Waals surface area (Å²) in [7, 11) is 0. The van der Waals surface area contributed by atoms with E-state index in [-0.39, 0.29) is 5.91 Å². The summed E-state index contributed by atoms with van der Waals surface area (Å²) in [4.78, 5) is 19.2. The SMILES string of the molecule is O=C(CCC1CCCC1)NCC1CCN(c2nc(Cc3ccccc3)ns2)CC1. The summed E-state index contributed by atoms with van der Waals surface area (Å²) in [5.74, 6) is 2.53. The Bertz CT molecular complexity index is 764. The predicted octanol–water partition coefficient (Wildman–Crippen LogP) is 4.43. The van der Waals surface area contributed by atoms with Crippen LogP contribution in [0.1, 0.15) is 62.8 Å². The fourth-order valence-corrected chi connectivity index (χ4v) is 5.27. The Labute approximate surface area is 178 Å². The molecule has 0 bridgehead atoms. The molecule has 6 heteroatoms. The van der Waals surface area contributed by atoms with Crippen LogP contribution in [0.25, 0.3) is 0 Å². The maximum atomic E-state index is 12.1. The van der Waals surface area contributed by atoms with Gasteiger partial charge in [-0.1, -0.05) is 56.0 Å². The van der Waals surface area contributed by atoms with E-state index >= 15 is 0 Å². The van der Waals surface area contributed by atoms with Crippen molar-refractivity contribution in [1.29, 1.82) is 0 Å². The van der Waals surface area contributed by atoms with Crippen molar-refractivity contribution < 1.29 is 4.79 Å². The number of piperidine rings is 1. The lowest BCUT2D eigenvalue weighted by molar-refractivity contribution is -0.121. The van der Waals surface area contributed by atoms with E-state index in [1.807, 2.05) is 6.07 Å². The van der Waals surface area contributed by atoms with Gasteiger partial charge >= 0.3 is 0 Å². The highest BCUT2D eigenvalue weighted by Gasteiger charge is 2.22. The monoisotopic (exact) mass is 412 g/mol. The van der Waals surface area contributed by atoms with E-state index in [4.69, 9.17) is 4.98 Å². The highest BCUT2D eigenvalue weighted by Crippen LogP contribution is 2.28. The predicted molar refractivity (Wildman–Crippen MR) is 118 cm³/mol. The molecule has 1 aliphatic heterocycles. The third-order valence-corrected chi connectivity index (χ3v) is 7.20. The van der Waals surface area contributed by atoms with Gasteiger partial charge in [-0.05, 0) is 36.7 Å². The zero-order valence-electron chi connectivity index (χ0n) is 17.2. The van der Waals surface area contributed by atoms with E-state index in [2.05, 4.69) is 38.9 Å². The number of nitrogens with one attached hydrogen (secondary N) is 1. The van der Waals surface area contributed by atoms with Gasteiger partial charge in [0.15, 0.2) is 0 Å². The quantitative estimate of drug-likeness (QED) is 0.697. The van der Waals surface area contributed by atoms with Crippen molar-refractivity contribution in [2.75, 3.05) is 24.5 Å². The first-order chi connectivity index (χ1) is 14.3. The van der Waals surface area contributed by atoms with Crippen molar-refractivity contribution in [1.82, 2.24) is 14.7 Å². The summed E-state index contributed by atoms with van der Waals surface area (Å²) in [6.45, 7) is 2.83. The second-order valence-electron chi connectivity index (χ2n) is 8.58. The minimum atomic E-state index is 0.244. The lowest BCUT2D eigenvalue weighted by atomic mass is 9.97. The van der Waals surface area contributed by atoms with Gasteiger partial charge < -0.3 is 10.2 Å². The van der Waals surface area contributed by atoms with Crippen LogP contribution in [0, 0.1) is 11.8 Å². The van der Waals surface area contributed by atoms with Crippen LogP contribution < -0.4 is 10.2 Å². The third kappa shape index (κ3) is 6.01. The maximum absolute atomic E-state index is 12.1. The second kappa shape index (κ2) is 10.2. The molecule has 1 aliphatic carbocycles. The van der Waals surface area contributed by atoms with Gasteiger partial charge in [0.2, 0.25) is 11.0 Å². The van der Waals surface area contributed by atoms with Gasteiger partial charge in [0, 0.05) is 44.0 Å². The van der Waals surface area contributed by atoms with Crippen molar-refractivity contribution in [2.45, 2.75) is 57.8 Å². The number of carbonyl (C=O) groups is 1. The molecule has 2 fully saturated rings. The maximum Gasteiger partial charge on any atom is 0.220 e. The summed E-state index contributed by atoms with van der Waals surface area (Å²) in [5.41, 5.74) is 1.25. The summed E-state index contributed by atoms with van der Waals surface area (Å²) in [6.07, 6.45) is 10.1. The van der Waals surface area contributed by atoms with Crippen molar-refractivity contribution in [3.05, 3.63) is 41.7 Å². The van der Waals surface area contributed by atoms with Crippen LogP contribution in [-0.4, -0.2) is 34.9 Å². The normalized spacial score (nSPS) is 18.3. The number of hydrogen-bond acceptors (Lipinski definition) is 5. The Morgan fingerprint density at radius 1 is 1.07 bits per heavy atom. The molecule has 2 aromatic rings. The first kappa shape index (κ1) is 20.3. The highest BCUT2D eigenvalue weighted by molar-refractivity contribution is 7.09. The van der Waals surface area contributed by atoms with Crippen molar-refractivity contribution >= 4 is 22.6 Å². The summed E-state index contributed by atoms with van der Waals surface area (Å²) < 4.78 is 4.55. The van der Waals surface area contributed by atoms with Gasteiger partial charge in [0.1, 0.15) is 5.82 Å². The van der Waals surface area contributed by atoms with Crippen LogP contribution in [0.2, 0.25) is 0 Å². The smallest absolute Gasteiger partial charge is 0.220 e. The first-order valence-electron chi connectivity index (χ1n) is 11.1. The average molecular weight is 413 g/mol. The number of benzene rings is 1. The third-order valence-electron chi connectivity index (χ3n) is 6.39. The van der Waals surface area contributed by atoms with Gasteiger partial charge in [-0.15, -0.1) is 0 Å². The molecule has 2 heterocycles. The van der Waals surface area contributed by atoms with Crippen LogP contribution in [-0.2, 0) is 11.2 Å². The molecule has 156 valence electrons. The molecule has 1 N–H and O–H groups in total. The number of hydrogen-bond donors (Lipinski definition) is 1. The lowest BCUT2D eigenvalue weighted by Gasteiger charge is -2.31. The zero-order valence-corrected chi connectivity index (χ0v) is 18.0. The fraction of sp³-hybridized carbons (Fsp3) is 0.609. The Morgan fingerprint density at radius 2 is 1.83 bits per heavy atom. The van der Waals surface area contributed by atoms with E-state index < -0.39 is 0 Å². The first-order valence-corrected chi connectivity index (χ1v) is 11.9. The second-order valence-corrected chi connectivity index (χ2v) is 9.31. The van der Waals surface area contributed by atoms with Crippen LogP contribution in [0.15, 0.2) is 30.3 Å². The standard InChI is InChI=1S/C23H32N4OS/c28-22(11-10-18-6-4-5-7-18)24-17-20-12-14-27(15-13-20)23-25-21(26-29-23)16-19-8-2-1-3-9-19/h1-3,8-9,18,20H,4-7,10-17H2,(H,24,28). The minimum absolute atomic E-state index is 0.244. The molecule has 2 aliphatic rings. The molecular formula is C23H32N4OS. The number of anilines is 1. The van der Waals surface area contributed by atoms with Crippen molar-refractivity contribution in [3.8, 4) is 0 Å². The van der Waals surface area contributed by atoms with E-state index in [0.29, 0.717) is 12.3 Å². The summed E-state index contributed by atoms with van der Waals surface area (Å²) >= 11 is 1.51.